The highest BCUT2D eigenvalue weighted by Crippen LogP contribution is 2.20. The summed E-state index contributed by atoms with van der Waals surface area (Å²) in [7, 11) is 0. The molecule has 0 aliphatic heterocycles. The molecular weight excluding hydrogens is 306 g/mol. The number of hydrogen-bond donors (Lipinski definition) is 3. The lowest BCUT2D eigenvalue weighted by Gasteiger charge is -2.16. The number of benzene rings is 1. The molecule has 0 aliphatic rings. The van der Waals surface area contributed by atoms with Gasteiger partial charge in [-0.3, -0.25) is 14.4 Å². The third-order valence-electron chi connectivity index (χ3n) is 3.39. The van der Waals surface area contributed by atoms with E-state index in [1.165, 1.54) is 13.8 Å². The second-order valence-electron chi connectivity index (χ2n) is 6.51. The fourth-order valence-electron chi connectivity index (χ4n) is 2.27. The third-order valence-corrected chi connectivity index (χ3v) is 3.39. The minimum atomic E-state index is -0.244. The second-order valence-corrected chi connectivity index (χ2v) is 6.51. The average Bonchev–Trinajstić information content (AvgIpc) is 2.43. The first kappa shape index (κ1) is 19.7. The summed E-state index contributed by atoms with van der Waals surface area (Å²) in [6.07, 6.45) is 1.93. The Kier molecular flexibility index (Phi) is 7.42. The molecule has 1 aromatic rings. The summed E-state index contributed by atoms with van der Waals surface area (Å²) >= 11 is 0. The summed E-state index contributed by atoms with van der Waals surface area (Å²) < 4.78 is 0. The Bertz CT molecular complexity index is 577. The molecule has 6 heteroatoms. The van der Waals surface area contributed by atoms with E-state index >= 15 is 0 Å². The maximum Gasteiger partial charge on any atom is 0.251 e. The van der Waals surface area contributed by atoms with Gasteiger partial charge in [-0.25, -0.2) is 0 Å². The fraction of sp³-hybridized carbons (Fsp3) is 0.500. The molecule has 0 aliphatic carbocycles. The standard InChI is InChI=1S/C18H27N3O3/c1-11(2)6-7-12(3)19-18(24)15-8-16(20-13(4)22)10-17(9-15)21-14(5)23/h8-12H,6-7H2,1-5H3,(H,19,24)(H,20,22)(H,21,23). The van der Waals surface area contributed by atoms with E-state index in [1.807, 2.05) is 6.92 Å². The molecule has 0 saturated carbocycles. The maximum absolute atomic E-state index is 12.4. The summed E-state index contributed by atoms with van der Waals surface area (Å²) in [5.41, 5.74) is 1.32. The monoisotopic (exact) mass is 333 g/mol. The summed E-state index contributed by atoms with van der Waals surface area (Å²) in [5, 5.41) is 8.22. The van der Waals surface area contributed by atoms with Crippen LogP contribution in [-0.2, 0) is 9.59 Å². The van der Waals surface area contributed by atoms with E-state index < -0.39 is 0 Å². The Morgan fingerprint density at radius 3 is 1.79 bits per heavy atom. The Morgan fingerprint density at radius 1 is 0.875 bits per heavy atom. The summed E-state index contributed by atoms with van der Waals surface area (Å²) in [6, 6.07) is 4.85. The van der Waals surface area contributed by atoms with Crippen LogP contribution < -0.4 is 16.0 Å². The molecule has 132 valence electrons. The fourth-order valence-corrected chi connectivity index (χ4v) is 2.27. The molecule has 6 nitrogen and oxygen atoms in total. The van der Waals surface area contributed by atoms with E-state index in [1.54, 1.807) is 18.2 Å². The number of anilines is 2. The van der Waals surface area contributed by atoms with Crippen LogP contribution in [-0.4, -0.2) is 23.8 Å². The van der Waals surface area contributed by atoms with E-state index in [-0.39, 0.29) is 23.8 Å². The molecule has 0 aromatic heterocycles. The summed E-state index contributed by atoms with van der Waals surface area (Å²) in [4.78, 5) is 35.0. The van der Waals surface area contributed by atoms with Crippen LogP contribution in [0.3, 0.4) is 0 Å². The molecule has 3 N–H and O–H groups in total. The highest BCUT2D eigenvalue weighted by molar-refractivity contribution is 6.00. The molecular formula is C18H27N3O3. The smallest absolute Gasteiger partial charge is 0.251 e. The molecule has 0 saturated heterocycles. The molecule has 1 unspecified atom stereocenters. The van der Waals surface area contributed by atoms with Crippen molar-refractivity contribution in [2.24, 2.45) is 5.92 Å². The number of hydrogen-bond acceptors (Lipinski definition) is 3. The van der Waals surface area contributed by atoms with Crippen LogP contribution in [0.25, 0.3) is 0 Å². The van der Waals surface area contributed by atoms with E-state index in [0.717, 1.165) is 12.8 Å². The van der Waals surface area contributed by atoms with Crippen LogP contribution >= 0.6 is 0 Å². The molecule has 1 aromatic carbocycles. The Morgan fingerprint density at radius 2 is 1.38 bits per heavy atom. The van der Waals surface area contributed by atoms with Crippen molar-refractivity contribution in [3.63, 3.8) is 0 Å². The number of rotatable bonds is 7. The Labute approximate surface area is 143 Å². The number of carbonyl (C=O) groups excluding carboxylic acids is 3. The minimum absolute atomic E-state index is 0.0496. The van der Waals surface area contributed by atoms with E-state index in [4.69, 9.17) is 0 Å². The molecule has 0 bridgehead atoms. The van der Waals surface area contributed by atoms with Crippen LogP contribution in [0.1, 0.15) is 57.8 Å². The second kappa shape index (κ2) is 9.05. The van der Waals surface area contributed by atoms with Gasteiger partial charge in [-0.05, 0) is 43.9 Å². The van der Waals surface area contributed by atoms with Gasteiger partial charge in [0, 0.05) is 36.8 Å². The van der Waals surface area contributed by atoms with Crippen molar-refractivity contribution < 1.29 is 14.4 Å². The van der Waals surface area contributed by atoms with Crippen molar-refractivity contribution in [1.82, 2.24) is 5.32 Å². The van der Waals surface area contributed by atoms with Gasteiger partial charge in [0.05, 0.1) is 0 Å². The van der Waals surface area contributed by atoms with Crippen LogP contribution in [0.15, 0.2) is 18.2 Å². The van der Waals surface area contributed by atoms with Crippen molar-refractivity contribution >= 4 is 29.1 Å². The molecule has 3 amide bonds. The molecule has 0 heterocycles. The molecule has 1 rings (SSSR count). The molecule has 1 atom stereocenters. The third kappa shape index (κ3) is 7.26. The van der Waals surface area contributed by atoms with E-state index in [2.05, 4.69) is 29.8 Å². The largest absolute Gasteiger partial charge is 0.350 e. The number of carbonyl (C=O) groups is 3. The highest BCUT2D eigenvalue weighted by Gasteiger charge is 2.13. The van der Waals surface area contributed by atoms with E-state index in [9.17, 15) is 14.4 Å². The van der Waals surface area contributed by atoms with Gasteiger partial charge in [0.2, 0.25) is 11.8 Å². The number of nitrogens with one attached hydrogen (secondary N) is 3. The molecule has 0 fully saturated rings. The van der Waals surface area contributed by atoms with Gasteiger partial charge in [0.15, 0.2) is 0 Å². The van der Waals surface area contributed by atoms with Gasteiger partial charge in [-0.2, -0.15) is 0 Å². The lowest BCUT2D eigenvalue weighted by atomic mass is 10.0. The number of amides is 3. The van der Waals surface area contributed by atoms with Crippen molar-refractivity contribution in [3.8, 4) is 0 Å². The van der Waals surface area contributed by atoms with Crippen LogP contribution in [0, 0.1) is 5.92 Å². The first-order valence-electron chi connectivity index (χ1n) is 8.18. The van der Waals surface area contributed by atoms with Crippen molar-refractivity contribution in [3.05, 3.63) is 23.8 Å². The van der Waals surface area contributed by atoms with Crippen molar-refractivity contribution in [2.45, 2.75) is 53.5 Å². The zero-order valence-corrected chi connectivity index (χ0v) is 15.0. The Hall–Kier alpha value is -2.37. The molecule has 0 radical (unpaired) electrons. The summed E-state index contributed by atoms with van der Waals surface area (Å²) in [5.74, 6) is -0.137. The van der Waals surface area contributed by atoms with Gasteiger partial charge in [-0.15, -0.1) is 0 Å². The zero-order valence-electron chi connectivity index (χ0n) is 15.0. The van der Waals surface area contributed by atoms with Crippen LogP contribution in [0.5, 0.6) is 0 Å². The van der Waals surface area contributed by atoms with Gasteiger partial charge in [-0.1, -0.05) is 13.8 Å². The topological polar surface area (TPSA) is 87.3 Å². The zero-order chi connectivity index (χ0) is 18.3. The first-order valence-corrected chi connectivity index (χ1v) is 8.18. The van der Waals surface area contributed by atoms with Crippen molar-refractivity contribution in [1.29, 1.82) is 0 Å². The van der Waals surface area contributed by atoms with Gasteiger partial charge in [0.25, 0.3) is 5.91 Å². The SMILES string of the molecule is CC(=O)Nc1cc(NC(C)=O)cc(C(=O)NC(C)CCC(C)C)c1. The predicted octanol–water partition coefficient (Wildman–Crippen LogP) is 3.16. The minimum Gasteiger partial charge on any atom is -0.350 e. The maximum atomic E-state index is 12.4. The van der Waals surface area contributed by atoms with Gasteiger partial charge >= 0.3 is 0 Å². The first-order chi connectivity index (χ1) is 11.2. The highest BCUT2D eigenvalue weighted by atomic mass is 16.2. The predicted molar refractivity (Wildman–Crippen MR) is 96.0 cm³/mol. The Balaban J connectivity index is 2.92. The van der Waals surface area contributed by atoms with Crippen molar-refractivity contribution in [2.75, 3.05) is 10.6 Å². The van der Waals surface area contributed by atoms with Crippen LogP contribution in [0.2, 0.25) is 0 Å². The molecule has 24 heavy (non-hydrogen) atoms. The quantitative estimate of drug-likeness (QED) is 0.716. The summed E-state index contributed by atoms with van der Waals surface area (Å²) in [6.45, 7) is 9.03. The van der Waals surface area contributed by atoms with Gasteiger partial charge in [0.1, 0.15) is 0 Å². The lowest BCUT2D eigenvalue weighted by molar-refractivity contribution is -0.115. The average molecular weight is 333 g/mol. The molecule has 0 spiro atoms. The normalized spacial score (nSPS) is 11.8. The lowest BCUT2D eigenvalue weighted by Crippen LogP contribution is -2.32. The van der Waals surface area contributed by atoms with Gasteiger partial charge < -0.3 is 16.0 Å². The van der Waals surface area contributed by atoms with E-state index in [0.29, 0.717) is 22.9 Å². The van der Waals surface area contributed by atoms with Crippen LogP contribution in [0.4, 0.5) is 11.4 Å².